The van der Waals surface area contributed by atoms with Crippen molar-refractivity contribution in [3.8, 4) is 0 Å². The third kappa shape index (κ3) is 5.33. The molecule has 2 aromatic carbocycles. The second-order valence-corrected chi connectivity index (χ2v) is 6.88. The van der Waals surface area contributed by atoms with Crippen molar-refractivity contribution < 1.29 is 4.79 Å². The first-order chi connectivity index (χ1) is 13.2. The van der Waals surface area contributed by atoms with Crippen LogP contribution in [0, 0.1) is 0 Å². The van der Waals surface area contributed by atoms with E-state index in [4.69, 9.17) is 5.73 Å². The van der Waals surface area contributed by atoms with Crippen LogP contribution < -0.4 is 11.1 Å². The zero-order valence-electron chi connectivity index (χ0n) is 15.9. The molecule has 3 N–H and O–H groups in total. The van der Waals surface area contributed by atoms with E-state index in [9.17, 15) is 4.79 Å². The molecule has 0 saturated carbocycles. The summed E-state index contributed by atoms with van der Waals surface area (Å²) in [6, 6.07) is 16.5. The smallest absolute Gasteiger partial charge is 0.222 e. The Bertz CT molecular complexity index is 798. The number of guanidine groups is 1. The minimum atomic E-state index is 0.196. The number of anilines is 1. The normalized spacial score (nSPS) is 14.0. The summed E-state index contributed by atoms with van der Waals surface area (Å²) in [5, 5.41) is 3.09. The second-order valence-electron chi connectivity index (χ2n) is 6.88. The highest BCUT2D eigenvalue weighted by atomic mass is 16.2. The average molecular weight is 364 g/mol. The van der Waals surface area contributed by atoms with Gasteiger partial charge < -0.3 is 16.0 Å². The third-order valence-corrected chi connectivity index (χ3v) is 4.95. The summed E-state index contributed by atoms with van der Waals surface area (Å²) >= 11 is 0. The molecule has 0 radical (unpaired) electrons. The number of fused-ring (bicyclic) bond motifs is 1. The van der Waals surface area contributed by atoms with Gasteiger partial charge in [-0.15, -0.1) is 0 Å². The lowest BCUT2D eigenvalue weighted by Gasteiger charge is -2.28. The molecule has 1 heterocycles. The second kappa shape index (κ2) is 9.21. The number of nitrogens with two attached hydrogens (primary N) is 1. The molecule has 0 bridgehead atoms. The van der Waals surface area contributed by atoms with Crippen LogP contribution in [-0.4, -0.2) is 29.9 Å². The van der Waals surface area contributed by atoms with Crippen LogP contribution in [-0.2, 0) is 24.2 Å². The maximum Gasteiger partial charge on any atom is 0.222 e. The zero-order chi connectivity index (χ0) is 19.1. The van der Waals surface area contributed by atoms with Crippen molar-refractivity contribution in [3.05, 3.63) is 65.2 Å². The first kappa shape index (κ1) is 19.0. The Morgan fingerprint density at radius 1 is 1.15 bits per heavy atom. The SMILES string of the molecule is CCc1ccc(NC(N)=NCCCC(=O)N2CCc3ccccc3C2)cc1. The van der Waals surface area contributed by atoms with Crippen LogP contribution in [0.25, 0.3) is 0 Å². The maximum absolute atomic E-state index is 12.4. The molecular weight excluding hydrogens is 336 g/mol. The molecule has 27 heavy (non-hydrogen) atoms. The van der Waals surface area contributed by atoms with E-state index >= 15 is 0 Å². The molecule has 0 atom stereocenters. The first-order valence-corrected chi connectivity index (χ1v) is 9.66. The molecule has 142 valence electrons. The fraction of sp³-hybridized carbons (Fsp3) is 0.364. The highest BCUT2D eigenvalue weighted by molar-refractivity contribution is 5.92. The summed E-state index contributed by atoms with van der Waals surface area (Å²) in [7, 11) is 0. The lowest BCUT2D eigenvalue weighted by Crippen LogP contribution is -2.35. The van der Waals surface area contributed by atoms with Gasteiger partial charge in [-0.05, 0) is 48.1 Å². The number of carbonyl (C=O) groups is 1. The predicted molar refractivity (Wildman–Crippen MR) is 111 cm³/mol. The maximum atomic E-state index is 12.4. The van der Waals surface area contributed by atoms with E-state index in [0.717, 1.165) is 31.6 Å². The average Bonchev–Trinajstić information content (AvgIpc) is 2.71. The number of hydrogen-bond donors (Lipinski definition) is 2. The molecular formula is C22H28N4O. The predicted octanol–water partition coefficient (Wildman–Crippen LogP) is 3.34. The number of carbonyl (C=O) groups excluding carboxylic acids is 1. The Morgan fingerprint density at radius 3 is 2.63 bits per heavy atom. The molecule has 3 rings (SSSR count). The van der Waals surface area contributed by atoms with Gasteiger partial charge >= 0.3 is 0 Å². The number of aliphatic imine (C=N–C) groups is 1. The number of nitrogens with zero attached hydrogens (tertiary/aromatic N) is 2. The quantitative estimate of drug-likeness (QED) is 0.469. The van der Waals surface area contributed by atoms with Gasteiger partial charge in [-0.2, -0.15) is 0 Å². The highest BCUT2D eigenvalue weighted by Crippen LogP contribution is 2.19. The molecule has 1 amide bonds. The van der Waals surface area contributed by atoms with Gasteiger partial charge in [-0.3, -0.25) is 9.79 Å². The Balaban J connectivity index is 1.41. The number of nitrogens with one attached hydrogen (secondary N) is 1. The number of hydrogen-bond acceptors (Lipinski definition) is 2. The number of rotatable bonds is 6. The lowest BCUT2D eigenvalue weighted by atomic mass is 9.99. The molecule has 0 aromatic heterocycles. The van der Waals surface area contributed by atoms with Crippen LogP contribution in [0.3, 0.4) is 0 Å². The summed E-state index contributed by atoms with van der Waals surface area (Å²) in [6.45, 7) is 4.19. The fourth-order valence-corrected chi connectivity index (χ4v) is 3.31. The van der Waals surface area contributed by atoms with Gasteiger partial charge in [0, 0.05) is 31.7 Å². The van der Waals surface area contributed by atoms with Crippen LogP contribution in [0.2, 0.25) is 0 Å². The van der Waals surface area contributed by atoms with Gasteiger partial charge in [0.15, 0.2) is 5.96 Å². The number of aryl methyl sites for hydroxylation is 1. The Labute approximate surface area is 161 Å². The van der Waals surface area contributed by atoms with Crippen LogP contribution >= 0.6 is 0 Å². The van der Waals surface area contributed by atoms with Gasteiger partial charge in [0.1, 0.15) is 0 Å². The van der Waals surface area contributed by atoms with Crippen molar-refractivity contribution in [2.75, 3.05) is 18.4 Å². The summed E-state index contributed by atoms with van der Waals surface area (Å²) in [6.07, 6.45) is 3.16. The molecule has 5 nitrogen and oxygen atoms in total. The summed E-state index contributed by atoms with van der Waals surface area (Å²) < 4.78 is 0. The molecule has 5 heteroatoms. The summed E-state index contributed by atoms with van der Waals surface area (Å²) in [4.78, 5) is 18.7. The molecule has 1 aliphatic rings. The summed E-state index contributed by atoms with van der Waals surface area (Å²) in [5.41, 5.74) is 10.8. The standard InChI is InChI=1S/C22H28N4O/c1-2-17-9-11-20(12-10-17)25-22(23)24-14-5-8-21(27)26-15-13-18-6-3-4-7-19(18)16-26/h3-4,6-7,9-12H,2,5,8,13-16H2,1H3,(H3,23,24,25). The van der Waals surface area contributed by atoms with E-state index in [2.05, 4.69) is 47.6 Å². The number of amides is 1. The van der Waals surface area contributed by atoms with Crippen LogP contribution in [0.4, 0.5) is 5.69 Å². The molecule has 1 aliphatic heterocycles. The van der Waals surface area contributed by atoms with Crippen molar-refractivity contribution in [1.29, 1.82) is 0 Å². The Kier molecular flexibility index (Phi) is 6.47. The Hall–Kier alpha value is -2.82. The third-order valence-electron chi connectivity index (χ3n) is 4.95. The zero-order valence-corrected chi connectivity index (χ0v) is 15.9. The molecule has 2 aromatic rings. The van der Waals surface area contributed by atoms with Crippen molar-refractivity contribution in [3.63, 3.8) is 0 Å². The molecule has 0 saturated heterocycles. The van der Waals surface area contributed by atoms with Crippen molar-refractivity contribution in [2.45, 2.75) is 39.2 Å². The molecule has 0 aliphatic carbocycles. The molecule has 0 unspecified atom stereocenters. The minimum absolute atomic E-state index is 0.196. The van der Waals surface area contributed by atoms with Gasteiger partial charge in [-0.1, -0.05) is 43.3 Å². The van der Waals surface area contributed by atoms with Crippen LogP contribution in [0.15, 0.2) is 53.5 Å². The van der Waals surface area contributed by atoms with E-state index in [1.54, 1.807) is 0 Å². The monoisotopic (exact) mass is 364 g/mol. The van der Waals surface area contributed by atoms with E-state index in [1.807, 2.05) is 23.1 Å². The van der Waals surface area contributed by atoms with E-state index in [0.29, 0.717) is 25.3 Å². The molecule has 0 spiro atoms. The van der Waals surface area contributed by atoms with Crippen LogP contribution in [0.5, 0.6) is 0 Å². The van der Waals surface area contributed by atoms with Gasteiger partial charge in [0.2, 0.25) is 5.91 Å². The van der Waals surface area contributed by atoms with Crippen molar-refractivity contribution >= 4 is 17.6 Å². The first-order valence-electron chi connectivity index (χ1n) is 9.66. The van der Waals surface area contributed by atoms with Gasteiger partial charge in [0.25, 0.3) is 0 Å². The Morgan fingerprint density at radius 2 is 1.89 bits per heavy atom. The largest absolute Gasteiger partial charge is 0.370 e. The molecule has 0 fully saturated rings. The van der Waals surface area contributed by atoms with E-state index < -0.39 is 0 Å². The lowest BCUT2D eigenvalue weighted by molar-refractivity contribution is -0.132. The number of benzene rings is 2. The highest BCUT2D eigenvalue weighted by Gasteiger charge is 2.19. The van der Waals surface area contributed by atoms with Gasteiger partial charge in [0.05, 0.1) is 0 Å². The minimum Gasteiger partial charge on any atom is -0.370 e. The fourth-order valence-electron chi connectivity index (χ4n) is 3.31. The summed E-state index contributed by atoms with van der Waals surface area (Å²) in [5.74, 6) is 0.583. The van der Waals surface area contributed by atoms with Crippen LogP contribution in [0.1, 0.15) is 36.5 Å². The van der Waals surface area contributed by atoms with Crippen molar-refractivity contribution in [2.24, 2.45) is 10.7 Å². The van der Waals surface area contributed by atoms with Gasteiger partial charge in [-0.25, -0.2) is 0 Å². The van der Waals surface area contributed by atoms with Crippen molar-refractivity contribution in [1.82, 2.24) is 4.90 Å². The van der Waals surface area contributed by atoms with E-state index in [1.165, 1.54) is 16.7 Å². The van der Waals surface area contributed by atoms with E-state index in [-0.39, 0.29) is 5.91 Å². The topological polar surface area (TPSA) is 70.7 Å².